The van der Waals surface area contributed by atoms with Crippen LogP contribution in [-0.4, -0.2) is 13.2 Å². The van der Waals surface area contributed by atoms with Gasteiger partial charge in [0.2, 0.25) is 0 Å². The molecule has 1 aliphatic carbocycles. The van der Waals surface area contributed by atoms with Gasteiger partial charge < -0.3 is 10.1 Å². The van der Waals surface area contributed by atoms with E-state index in [1.165, 1.54) is 17.5 Å². The highest BCUT2D eigenvalue weighted by molar-refractivity contribution is 5.30. The molecule has 2 aromatic carbocycles. The molecule has 0 bridgehead atoms. The summed E-state index contributed by atoms with van der Waals surface area (Å²) in [6.07, 6.45) is 1.31. The molecule has 3 rings (SSSR count). The molecule has 2 heteroatoms. The lowest BCUT2D eigenvalue weighted by atomic mass is 10.1. The van der Waals surface area contributed by atoms with Crippen LogP contribution in [0.1, 0.15) is 43.4 Å². The highest BCUT2D eigenvalue weighted by atomic mass is 16.5. The molecule has 0 radical (unpaired) electrons. The summed E-state index contributed by atoms with van der Waals surface area (Å²) in [7, 11) is 0. The van der Waals surface area contributed by atoms with Crippen molar-refractivity contribution >= 4 is 0 Å². The lowest BCUT2D eigenvalue weighted by Crippen LogP contribution is -2.21. The molecule has 3 atom stereocenters. The van der Waals surface area contributed by atoms with E-state index in [4.69, 9.17) is 4.74 Å². The Bertz CT molecular complexity index is 596. The van der Waals surface area contributed by atoms with E-state index in [1.807, 2.05) is 13.0 Å². The first-order chi connectivity index (χ1) is 10.8. The standard InChI is InChI=1S/C20H25NO/c1-3-22-19-11-7-10-17(12-19)15(2)21-14-18-13-20(18)16-8-5-4-6-9-16/h4-12,15,18,20-21H,3,13-14H2,1-2H3. The molecule has 116 valence electrons. The Hall–Kier alpha value is -1.80. The molecule has 22 heavy (non-hydrogen) atoms. The quantitative estimate of drug-likeness (QED) is 0.809. The zero-order chi connectivity index (χ0) is 15.4. The first kappa shape index (κ1) is 15.1. The lowest BCUT2D eigenvalue weighted by Gasteiger charge is -2.15. The van der Waals surface area contributed by atoms with Gasteiger partial charge in [-0.05, 0) is 61.9 Å². The van der Waals surface area contributed by atoms with Gasteiger partial charge in [0.05, 0.1) is 6.61 Å². The maximum atomic E-state index is 5.58. The molecule has 2 aromatic rings. The van der Waals surface area contributed by atoms with Gasteiger partial charge in [0, 0.05) is 6.04 Å². The fourth-order valence-electron chi connectivity index (χ4n) is 3.07. The number of ether oxygens (including phenoxy) is 1. The molecule has 0 amide bonds. The summed E-state index contributed by atoms with van der Waals surface area (Å²) in [6.45, 7) is 6.04. The molecule has 0 aromatic heterocycles. The molecule has 1 fully saturated rings. The maximum absolute atomic E-state index is 5.58. The molecule has 1 saturated carbocycles. The third-order valence-corrected chi connectivity index (χ3v) is 4.51. The van der Waals surface area contributed by atoms with Crippen molar-refractivity contribution in [3.63, 3.8) is 0 Å². The van der Waals surface area contributed by atoms with Gasteiger partial charge >= 0.3 is 0 Å². The van der Waals surface area contributed by atoms with Gasteiger partial charge in [-0.25, -0.2) is 0 Å². The summed E-state index contributed by atoms with van der Waals surface area (Å²) in [4.78, 5) is 0. The van der Waals surface area contributed by atoms with Crippen molar-refractivity contribution < 1.29 is 4.74 Å². The average molecular weight is 295 g/mol. The van der Waals surface area contributed by atoms with Gasteiger partial charge in [-0.3, -0.25) is 0 Å². The van der Waals surface area contributed by atoms with Crippen LogP contribution in [0.3, 0.4) is 0 Å². The van der Waals surface area contributed by atoms with Crippen LogP contribution in [0, 0.1) is 5.92 Å². The van der Waals surface area contributed by atoms with Gasteiger partial charge in [0.1, 0.15) is 5.75 Å². The van der Waals surface area contributed by atoms with E-state index in [0.717, 1.165) is 24.1 Å². The second-order valence-corrected chi connectivity index (χ2v) is 6.15. The molecule has 0 saturated heterocycles. The van der Waals surface area contributed by atoms with Gasteiger partial charge in [-0.15, -0.1) is 0 Å². The molecule has 1 N–H and O–H groups in total. The van der Waals surface area contributed by atoms with Crippen molar-refractivity contribution in [1.29, 1.82) is 0 Å². The van der Waals surface area contributed by atoms with Gasteiger partial charge in [0.25, 0.3) is 0 Å². The van der Waals surface area contributed by atoms with E-state index in [0.29, 0.717) is 12.6 Å². The molecular formula is C20H25NO. The topological polar surface area (TPSA) is 21.3 Å². The second kappa shape index (κ2) is 6.97. The van der Waals surface area contributed by atoms with Crippen molar-refractivity contribution in [3.05, 3.63) is 65.7 Å². The van der Waals surface area contributed by atoms with Crippen LogP contribution in [-0.2, 0) is 0 Å². The van der Waals surface area contributed by atoms with E-state index in [2.05, 4.69) is 60.8 Å². The first-order valence-corrected chi connectivity index (χ1v) is 8.29. The fraction of sp³-hybridized carbons (Fsp3) is 0.400. The largest absolute Gasteiger partial charge is 0.494 e. The molecule has 0 spiro atoms. The molecule has 3 unspecified atom stereocenters. The number of benzene rings is 2. The Morgan fingerprint density at radius 1 is 1.14 bits per heavy atom. The number of hydrogen-bond acceptors (Lipinski definition) is 2. The predicted octanol–water partition coefficient (Wildman–Crippen LogP) is 4.54. The number of rotatable bonds is 7. The van der Waals surface area contributed by atoms with E-state index in [-0.39, 0.29) is 0 Å². The zero-order valence-electron chi connectivity index (χ0n) is 13.5. The summed E-state index contributed by atoms with van der Waals surface area (Å²) < 4.78 is 5.58. The van der Waals surface area contributed by atoms with Crippen LogP contribution < -0.4 is 10.1 Å². The summed E-state index contributed by atoms with van der Waals surface area (Å²) in [6, 6.07) is 19.6. The first-order valence-electron chi connectivity index (χ1n) is 8.29. The summed E-state index contributed by atoms with van der Waals surface area (Å²) >= 11 is 0. The van der Waals surface area contributed by atoms with E-state index < -0.39 is 0 Å². The molecule has 2 nitrogen and oxygen atoms in total. The van der Waals surface area contributed by atoms with Crippen LogP contribution in [0.25, 0.3) is 0 Å². The summed E-state index contributed by atoms with van der Waals surface area (Å²) in [5, 5.41) is 3.67. The third-order valence-electron chi connectivity index (χ3n) is 4.51. The Kier molecular flexibility index (Phi) is 4.79. The molecule has 1 aliphatic rings. The molecule has 0 aliphatic heterocycles. The van der Waals surface area contributed by atoms with E-state index in [9.17, 15) is 0 Å². The fourth-order valence-corrected chi connectivity index (χ4v) is 3.07. The van der Waals surface area contributed by atoms with Crippen molar-refractivity contribution in [1.82, 2.24) is 5.32 Å². The minimum atomic E-state index is 0.359. The van der Waals surface area contributed by atoms with Crippen LogP contribution in [0.4, 0.5) is 0 Å². The Morgan fingerprint density at radius 3 is 2.73 bits per heavy atom. The van der Waals surface area contributed by atoms with Crippen molar-refractivity contribution in [2.45, 2.75) is 32.2 Å². The second-order valence-electron chi connectivity index (χ2n) is 6.15. The SMILES string of the molecule is CCOc1cccc(C(C)NCC2CC2c2ccccc2)c1. The number of nitrogens with one attached hydrogen (secondary N) is 1. The maximum Gasteiger partial charge on any atom is 0.119 e. The minimum absolute atomic E-state index is 0.359. The summed E-state index contributed by atoms with van der Waals surface area (Å²) in [5.74, 6) is 2.48. The van der Waals surface area contributed by atoms with Crippen LogP contribution >= 0.6 is 0 Å². The predicted molar refractivity (Wildman–Crippen MR) is 91.3 cm³/mol. The van der Waals surface area contributed by atoms with E-state index >= 15 is 0 Å². The monoisotopic (exact) mass is 295 g/mol. The van der Waals surface area contributed by atoms with E-state index in [1.54, 1.807) is 0 Å². The van der Waals surface area contributed by atoms with Crippen LogP contribution in [0.2, 0.25) is 0 Å². The highest BCUT2D eigenvalue weighted by Gasteiger charge is 2.37. The summed E-state index contributed by atoms with van der Waals surface area (Å²) in [5.41, 5.74) is 2.78. The van der Waals surface area contributed by atoms with Crippen molar-refractivity contribution in [2.24, 2.45) is 5.92 Å². The number of hydrogen-bond donors (Lipinski definition) is 1. The van der Waals surface area contributed by atoms with Crippen molar-refractivity contribution in [2.75, 3.05) is 13.2 Å². The smallest absolute Gasteiger partial charge is 0.119 e. The Labute approximate surface area is 133 Å². The van der Waals surface area contributed by atoms with Gasteiger partial charge in [-0.1, -0.05) is 42.5 Å². The van der Waals surface area contributed by atoms with Gasteiger partial charge in [-0.2, -0.15) is 0 Å². The van der Waals surface area contributed by atoms with Gasteiger partial charge in [0.15, 0.2) is 0 Å². The highest BCUT2D eigenvalue weighted by Crippen LogP contribution is 2.47. The zero-order valence-corrected chi connectivity index (χ0v) is 13.5. The van der Waals surface area contributed by atoms with Crippen LogP contribution in [0.15, 0.2) is 54.6 Å². The third kappa shape index (κ3) is 3.69. The normalized spacial score (nSPS) is 21.4. The van der Waals surface area contributed by atoms with Crippen molar-refractivity contribution in [3.8, 4) is 5.75 Å². The van der Waals surface area contributed by atoms with Crippen LogP contribution in [0.5, 0.6) is 5.75 Å². The Balaban J connectivity index is 1.51. The Morgan fingerprint density at radius 2 is 1.95 bits per heavy atom. The molecular weight excluding hydrogens is 270 g/mol. The lowest BCUT2D eigenvalue weighted by molar-refractivity contribution is 0.339. The average Bonchev–Trinajstić information content (AvgIpc) is 3.34. The molecule has 0 heterocycles. The minimum Gasteiger partial charge on any atom is -0.494 e.